The van der Waals surface area contributed by atoms with Crippen LogP contribution in [-0.4, -0.2) is 47.0 Å². The van der Waals surface area contributed by atoms with E-state index in [0.717, 1.165) is 6.42 Å². The van der Waals surface area contributed by atoms with E-state index < -0.39 is 29.6 Å². The van der Waals surface area contributed by atoms with E-state index in [1.807, 2.05) is 0 Å². The normalized spacial score (nSPS) is 28.5. The van der Waals surface area contributed by atoms with Gasteiger partial charge in [-0.1, -0.05) is 0 Å². The maximum Gasteiger partial charge on any atom is 0.411 e. The molecule has 6 nitrogen and oxygen atoms in total. The van der Waals surface area contributed by atoms with Gasteiger partial charge in [-0.15, -0.1) is 0 Å². The number of carbonyl (C=O) groups is 3. The Morgan fingerprint density at radius 1 is 1.29 bits per heavy atom. The van der Waals surface area contributed by atoms with E-state index >= 15 is 0 Å². The second-order valence-electron chi connectivity index (χ2n) is 6.59. The molecule has 0 radical (unpaired) electrons. The summed E-state index contributed by atoms with van der Waals surface area (Å²) >= 11 is 0. The lowest BCUT2D eigenvalue weighted by atomic mass is 9.74. The van der Waals surface area contributed by atoms with Crippen LogP contribution in [0, 0.1) is 5.92 Å². The summed E-state index contributed by atoms with van der Waals surface area (Å²) in [4.78, 5) is 38.1. The Balaban J connectivity index is 2.25. The highest BCUT2D eigenvalue weighted by molar-refractivity contribution is 5.94. The third-order valence-electron chi connectivity index (χ3n) is 3.87. The fraction of sp³-hybridized carbons (Fsp3) is 0.800. The van der Waals surface area contributed by atoms with Gasteiger partial charge in [0, 0.05) is 18.4 Å². The summed E-state index contributed by atoms with van der Waals surface area (Å²) in [6.45, 7) is 7.26. The number of hydrogen-bond donors (Lipinski definition) is 0. The number of amides is 1. The highest BCUT2D eigenvalue weighted by Gasteiger charge is 2.53. The van der Waals surface area contributed by atoms with Crippen molar-refractivity contribution in [1.29, 1.82) is 0 Å². The minimum Gasteiger partial charge on any atom is -0.464 e. The van der Waals surface area contributed by atoms with Gasteiger partial charge in [0.05, 0.1) is 6.61 Å². The number of piperidine rings is 2. The summed E-state index contributed by atoms with van der Waals surface area (Å²) < 4.78 is 10.4. The van der Waals surface area contributed by atoms with E-state index in [1.54, 1.807) is 27.7 Å². The SMILES string of the molecule is CCOC(=O)[C@@H]1[C@@H]2CC[C@@H](CC2=O)N1C(=O)OC(C)(C)C. The molecule has 21 heavy (non-hydrogen) atoms. The van der Waals surface area contributed by atoms with Crippen LogP contribution < -0.4 is 0 Å². The van der Waals surface area contributed by atoms with Crippen LogP contribution in [0.15, 0.2) is 0 Å². The molecule has 118 valence electrons. The molecule has 0 aromatic rings. The number of ether oxygens (including phenoxy) is 2. The van der Waals surface area contributed by atoms with Crippen LogP contribution >= 0.6 is 0 Å². The molecule has 2 aliphatic heterocycles. The molecular weight excluding hydrogens is 274 g/mol. The fourth-order valence-corrected chi connectivity index (χ4v) is 3.09. The van der Waals surface area contributed by atoms with E-state index in [9.17, 15) is 14.4 Å². The van der Waals surface area contributed by atoms with Crippen LogP contribution in [0.4, 0.5) is 4.79 Å². The highest BCUT2D eigenvalue weighted by Crippen LogP contribution is 2.38. The van der Waals surface area contributed by atoms with Gasteiger partial charge in [0.25, 0.3) is 0 Å². The summed E-state index contributed by atoms with van der Waals surface area (Å²) in [7, 11) is 0. The number of carbonyl (C=O) groups excluding carboxylic acids is 3. The van der Waals surface area contributed by atoms with Crippen molar-refractivity contribution in [2.45, 2.75) is 64.6 Å². The van der Waals surface area contributed by atoms with Crippen molar-refractivity contribution in [2.75, 3.05) is 6.61 Å². The van der Waals surface area contributed by atoms with Gasteiger partial charge < -0.3 is 9.47 Å². The van der Waals surface area contributed by atoms with Gasteiger partial charge in [0.2, 0.25) is 0 Å². The molecule has 3 aliphatic rings. The van der Waals surface area contributed by atoms with E-state index in [0.29, 0.717) is 12.8 Å². The second kappa shape index (κ2) is 5.66. The van der Waals surface area contributed by atoms with Crippen LogP contribution in [-0.2, 0) is 19.1 Å². The Hall–Kier alpha value is -1.59. The highest BCUT2D eigenvalue weighted by atomic mass is 16.6. The van der Waals surface area contributed by atoms with Crippen molar-refractivity contribution >= 4 is 17.8 Å². The summed E-state index contributed by atoms with van der Waals surface area (Å²) in [5.74, 6) is -0.920. The molecule has 2 heterocycles. The largest absolute Gasteiger partial charge is 0.464 e. The predicted molar refractivity (Wildman–Crippen MR) is 74.6 cm³/mol. The zero-order chi connectivity index (χ0) is 15.8. The summed E-state index contributed by atoms with van der Waals surface area (Å²) in [5, 5.41) is 0. The average molecular weight is 297 g/mol. The molecule has 3 rings (SSSR count). The molecule has 3 atom stereocenters. The van der Waals surface area contributed by atoms with Crippen LogP contribution in [0.5, 0.6) is 0 Å². The minimum atomic E-state index is -0.834. The van der Waals surface area contributed by atoms with Crippen molar-refractivity contribution in [2.24, 2.45) is 5.92 Å². The summed E-state index contributed by atoms with van der Waals surface area (Å²) in [5.41, 5.74) is -0.642. The molecule has 1 aliphatic carbocycles. The molecule has 2 bridgehead atoms. The number of hydrogen-bond acceptors (Lipinski definition) is 5. The predicted octanol–water partition coefficient (Wildman–Crippen LogP) is 1.91. The van der Waals surface area contributed by atoms with Gasteiger partial charge in [-0.05, 0) is 40.5 Å². The topological polar surface area (TPSA) is 72.9 Å². The van der Waals surface area contributed by atoms with Crippen LogP contribution in [0.1, 0.15) is 47.0 Å². The Kier molecular flexibility index (Phi) is 4.25. The fourth-order valence-electron chi connectivity index (χ4n) is 3.09. The molecule has 0 unspecified atom stereocenters. The van der Waals surface area contributed by atoms with Crippen LogP contribution in [0.25, 0.3) is 0 Å². The number of esters is 1. The number of fused-ring (bicyclic) bond motifs is 3. The maximum absolute atomic E-state index is 12.4. The molecule has 0 spiro atoms. The van der Waals surface area contributed by atoms with Gasteiger partial charge in [0.1, 0.15) is 17.4 Å². The Morgan fingerprint density at radius 3 is 2.48 bits per heavy atom. The first-order chi connectivity index (χ1) is 9.74. The molecule has 1 saturated carbocycles. The lowest BCUT2D eigenvalue weighted by Gasteiger charge is -2.48. The lowest BCUT2D eigenvalue weighted by molar-refractivity contribution is -0.162. The first-order valence-corrected chi connectivity index (χ1v) is 7.45. The Bertz CT molecular complexity index is 453. The van der Waals surface area contributed by atoms with E-state index in [4.69, 9.17) is 9.47 Å². The van der Waals surface area contributed by atoms with Crippen molar-refractivity contribution in [3.05, 3.63) is 0 Å². The Morgan fingerprint density at radius 2 is 1.95 bits per heavy atom. The zero-order valence-electron chi connectivity index (χ0n) is 13.0. The molecule has 2 saturated heterocycles. The smallest absolute Gasteiger partial charge is 0.411 e. The molecular formula is C15H23NO5. The van der Waals surface area contributed by atoms with Crippen LogP contribution in [0.3, 0.4) is 0 Å². The average Bonchev–Trinajstić information content (AvgIpc) is 2.36. The van der Waals surface area contributed by atoms with Crippen molar-refractivity contribution in [1.82, 2.24) is 4.90 Å². The number of nitrogens with zero attached hydrogens (tertiary/aromatic N) is 1. The molecule has 1 amide bonds. The van der Waals surface area contributed by atoms with Gasteiger partial charge in [-0.2, -0.15) is 0 Å². The second-order valence-corrected chi connectivity index (χ2v) is 6.59. The van der Waals surface area contributed by atoms with E-state index in [2.05, 4.69) is 0 Å². The van der Waals surface area contributed by atoms with E-state index in [-0.39, 0.29) is 18.4 Å². The first kappa shape index (κ1) is 15.8. The van der Waals surface area contributed by atoms with Gasteiger partial charge in [0.15, 0.2) is 0 Å². The molecule has 6 heteroatoms. The van der Waals surface area contributed by atoms with Gasteiger partial charge >= 0.3 is 12.1 Å². The zero-order valence-corrected chi connectivity index (χ0v) is 13.0. The summed E-state index contributed by atoms with van der Waals surface area (Å²) in [6, 6.07) is -1.09. The quantitative estimate of drug-likeness (QED) is 0.728. The molecule has 3 fully saturated rings. The van der Waals surface area contributed by atoms with Gasteiger partial charge in [-0.3, -0.25) is 9.69 Å². The minimum absolute atomic E-state index is 0.0455. The maximum atomic E-state index is 12.4. The third kappa shape index (κ3) is 3.19. The number of ketones is 1. The third-order valence-corrected chi connectivity index (χ3v) is 3.87. The number of rotatable bonds is 2. The Labute approximate surface area is 124 Å². The number of Topliss-reactive ketones (excluding diaryl/α,β-unsaturated/α-hetero) is 1. The van der Waals surface area contributed by atoms with Crippen molar-refractivity contribution in [3.63, 3.8) is 0 Å². The first-order valence-electron chi connectivity index (χ1n) is 7.45. The van der Waals surface area contributed by atoms with Crippen LogP contribution in [0.2, 0.25) is 0 Å². The summed E-state index contributed by atoms with van der Waals surface area (Å²) in [6.07, 6.45) is 1.13. The van der Waals surface area contributed by atoms with Gasteiger partial charge in [-0.25, -0.2) is 9.59 Å². The van der Waals surface area contributed by atoms with Crippen molar-refractivity contribution in [3.8, 4) is 0 Å². The monoisotopic (exact) mass is 297 g/mol. The van der Waals surface area contributed by atoms with Crippen molar-refractivity contribution < 1.29 is 23.9 Å². The molecule has 0 aromatic carbocycles. The molecule has 0 aromatic heterocycles. The van der Waals surface area contributed by atoms with E-state index in [1.165, 1.54) is 4.90 Å². The molecule has 0 N–H and O–H groups in total. The standard InChI is InChI=1S/C15H23NO5/c1-5-20-13(18)12-10-7-6-9(8-11(10)17)16(12)14(19)21-15(2,3)4/h9-10,12H,5-8H2,1-4H3/t9-,10+,12-/m0/s1. The lowest BCUT2D eigenvalue weighted by Crippen LogP contribution is -2.64.